The maximum absolute atomic E-state index is 13.6. The number of carbonyl (C=O) groups is 1. The summed E-state index contributed by atoms with van der Waals surface area (Å²) in [5, 5.41) is 8.74. The highest BCUT2D eigenvalue weighted by Crippen LogP contribution is 2.23. The van der Waals surface area contributed by atoms with Gasteiger partial charge in [-0.05, 0) is 38.1 Å². The van der Waals surface area contributed by atoms with Crippen LogP contribution in [-0.2, 0) is 4.79 Å². The topological polar surface area (TPSA) is 54.0 Å². The molecule has 4 nitrogen and oxygen atoms in total. The van der Waals surface area contributed by atoms with Gasteiger partial charge in [0.2, 0.25) is 5.91 Å². The zero-order valence-electron chi connectivity index (χ0n) is 13.9. The molecule has 3 aromatic rings. The number of nitrogens with one attached hydrogen (secondary N) is 2. The molecule has 128 valence electrons. The Morgan fingerprint density at radius 1 is 1.16 bits per heavy atom. The summed E-state index contributed by atoms with van der Waals surface area (Å²) in [6.45, 7) is 3.70. The molecule has 1 amide bonds. The van der Waals surface area contributed by atoms with Crippen LogP contribution in [0.15, 0.2) is 53.9 Å². The predicted octanol–water partition coefficient (Wildman–Crippen LogP) is 4.70. The minimum Gasteiger partial charge on any atom is -0.374 e. The van der Waals surface area contributed by atoms with Crippen molar-refractivity contribution in [1.29, 1.82) is 0 Å². The smallest absolute Gasteiger partial charge is 0.246 e. The van der Waals surface area contributed by atoms with Gasteiger partial charge in [0.15, 0.2) is 0 Å². The van der Waals surface area contributed by atoms with E-state index in [4.69, 9.17) is 0 Å². The van der Waals surface area contributed by atoms with Crippen LogP contribution in [0.1, 0.15) is 11.9 Å². The van der Waals surface area contributed by atoms with Gasteiger partial charge in [-0.15, -0.1) is 11.3 Å². The van der Waals surface area contributed by atoms with Crippen molar-refractivity contribution < 1.29 is 9.18 Å². The molecule has 3 rings (SSSR count). The number of hydrogen-bond donors (Lipinski definition) is 2. The van der Waals surface area contributed by atoms with Crippen LogP contribution >= 0.6 is 11.3 Å². The largest absolute Gasteiger partial charge is 0.374 e. The molecule has 1 atom stereocenters. The molecule has 25 heavy (non-hydrogen) atoms. The van der Waals surface area contributed by atoms with Crippen molar-refractivity contribution in [3.05, 3.63) is 64.7 Å². The number of anilines is 2. The number of hydrogen-bond acceptors (Lipinski definition) is 4. The monoisotopic (exact) mass is 355 g/mol. The second-order valence-electron chi connectivity index (χ2n) is 5.66. The Labute approximate surface area is 149 Å². The number of carbonyl (C=O) groups excluding carboxylic acids is 1. The normalized spacial score (nSPS) is 11.8. The molecule has 0 aliphatic rings. The second-order valence-corrected chi connectivity index (χ2v) is 6.73. The molecule has 1 heterocycles. The quantitative estimate of drug-likeness (QED) is 0.698. The Balaban J connectivity index is 1.63. The molecule has 1 aromatic heterocycles. The highest BCUT2D eigenvalue weighted by Gasteiger charge is 2.14. The van der Waals surface area contributed by atoms with Crippen LogP contribution in [0.25, 0.3) is 11.3 Å². The Morgan fingerprint density at radius 3 is 2.52 bits per heavy atom. The lowest BCUT2D eigenvalue weighted by atomic mass is 10.1. The number of para-hydroxylation sites is 1. The predicted molar refractivity (Wildman–Crippen MR) is 100 cm³/mol. The fourth-order valence-electron chi connectivity index (χ4n) is 2.35. The summed E-state index contributed by atoms with van der Waals surface area (Å²) in [5.74, 6) is -0.754. The van der Waals surface area contributed by atoms with Crippen LogP contribution in [0.2, 0.25) is 0 Å². The third kappa shape index (κ3) is 4.22. The molecule has 6 heteroatoms. The molecule has 0 fully saturated rings. The summed E-state index contributed by atoms with van der Waals surface area (Å²) in [6, 6.07) is 13.3. The Morgan fingerprint density at radius 2 is 1.88 bits per heavy atom. The third-order valence-corrected chi connectivity index (χ3v) is 4.48. The van der Waals surface area contributed by atoms with E-state index in [1.165, 1.54) is 12.1 Å². The van der Waals surface area contributed by atoms with Gasteiger partial charge in [-0.1, -0.05) is 24.3 Å². The van der Waals surface area contributed by atoms with Crippen molar-refractivity contribution in [3.8, 4) is 11.3 Å². The van der Waals surface area contributed by atoms with Gasteiger partial charge in [0.25, 0.3) is 0 Å². The van der Waals surface area contributed by atoms with Gasteiger partial charge in [0.05, 0.1) is 16.4 Å². The average molecular weight is 355 g/mol. The van der Waals surface area contributed by atoms with E-state index in [0.717, 1.165) is 22.0 Å². The van der Waals surface area contributed by atoms with Crippen molar-refractivity contribution in [3.63, 3.8) is 0 Å². The van der Waals surface area contributed by atoms with Crippen LogP contribution < -0.4 is 10.6 Å². The first-order chi connectivity index (χ1) is 12.0. The first-order valence-corrected chi connectivity index (χ1v) is 8.75. The van der Waals surface area contributed by atoms with Gasteiger partial charge in [0.1, 0.15) is 11.9 Å². The second kappa shape index (κ2) is 7.44. The molecule has 0 saturated carbocycles. The van der Waals surface area contributed by atoms with E-state index in [0.29, 0.717) is 0 Å². The number of nitrogens with zero attached hydrogens (tertiary/aromatic N) is 1. The van der Waals surface area contributed by atoms with Crippen LogP contribution in [0.4, 0.5) is 15.8 Å². The minimum atomic E-state index is -0.507. The lowest BCUT2D eigenvalue weighted by Crippen LogP contribution is -2.32. The summed E-state index contributed by atoms with van der Waals surface area (Å²) in [4.78, 5) is 16.7. The van der Waals surface area contributed by atoms with Crippen molar-refractivity contribution >= 4 is 28.6 Å². The Bertz CT molecular complexity index is 876. The summed E-state index contributed by atoms with van der Waals surface area (Å²) >= 11 is 1.61. The van der Waals surface area contributed by atoms with Crippen molar-refractivity contribution in [2.75, 3.05) is 10.6 Å². The summed E-state index contributed by atoms with van der Waals surface area (Å²) < 4.78 is 13.6. The number of thiazole rings is 1. The fraction of sp³-hybridized carbons (Fsp3) is 0.158. The number of benzene rings is 2. The average Bonchev–Trinajstić information content (AvgIpc) is 3.04. The third-order valence-electron chi connectivity index (χ3n) is 3.71. The van der Waals surface area contributed by atoms with Crippen molar-refractivity contribution in [2.45, 2.75) is 19.9 Å². The molecule has 0 radical (unpaired) electrons. The van der Waals surface area contributed by atoms with Gasteiger partial charge in [-0.25, -0.2) is 9.37 Å². The zero-order valence-corrected chi connectivity index (χ0v) is 14.7. The molecule has 0 aliphatic carbocycles. The maximum Gasteiger partial charge on any atom is 0.246 e. The first kappa shape index (κ1) is 17.1. The molecule has 0 bridgehead atoms. The minimum absolute atomic E-state index is 0.176. The molecule has 2 aromatic carbocycles. The van der Waals surface area contributed by atoms with Crippen LogP contribution in [0, 0.1) is 12.7 Å². The summed E-state index contributed by atoms with van der Waals surface area (Å²) in [7, 11) is 0. The van der Waals surface area contributed by atoms with Crippen molar-refractivity contribution in [1.82, 2.24) is 4.98 Å². The van der Waals surface area contributed by atoms with Gasteiger partial charge in [-0.2, -0.15) is 0 Å². The molecule has 1 unspecified atom stereocenters. The zero-order chi connectivity index (χ0) is 17.8. The van der Waals surface area contributed by atoms with Crippen LogP contribution in [0.3, 0.4) is 0 Å². The van der Waals surface area contributed by atoms with E-state index in [2.05, 4.69) is 15.6 Å². The van der Waals surface area contributed by atoms with Crippen LogP contribution in [0.5, 0.6) is 0 Å². The Kier molecular flexibility index (Phi) is 5.09. The van der Waals surface area contributed by atoms with Crippen LogP contribution in [-0.4, -0.2) is 16.9 Å². The van der Waals surface area contributed by atoms with E-state index in [-0.39, 0.29) is 11.6 Å². The van der Waals surface area contributed by atoms with E-state index in [1.54, 1.807) is 30.4 Å². The summed E-state index contributed by atoms with van der Waals surface area (Å²) in [5.41, 5.74) is 2.96. The van der Waals surface area contributed by atoms with E-state index in [9.17, 15) is 9.18 Å². The molecule has 0 aliphatic heterocycles. The first-order valence-electron chi connectivity index (χ1n) is 7.87. The highest BCUT2D eigenvalue weighted by molar-refractivity contribution is 7.09. The molecular weight excluding hydrogens is 337 g/mol. The van der Waals surface area contributed by atoms with Gasteiger partial charge in [-0.3, -0.25) is 4.79 Å². The number of rotatable bonds is 5. The summed E-state index contributed by atoms with van der Waals surface area (Å²) in [6.07, 6.45) is 0. The molecule has 2 N–H and O–H groups in total. The number of aromatic nitrogens is 1. The Hall–Kier alpha value is -2.73. The fourth-order valence-corrected chi connectivity index (χ4v) is 2.97. The van der Waals surface area contributed by atoms with Gasteiger partial charge in [0, 0.05) is 16.6 Å². The molecular formula is C19H18FN3OS. The lowest BCUT2D eigenvalue weighted by molar-refractivity contribution is -0.116. The number of amides is 1. The molecule has 0 saturated heterocycles. The SMILES string of the molecule is Cc1nc(-c2ccc(NC(C)C(=O)Nc3ccccc3F)cc2)cs1. The van der Waals surface area contributed by atoms with Crippen molar-refractivity contribution in [2.24, 2.45) is 0 Å². The highest BCUT2D eigenvalue weighted by atomic mass is 32.1. The van der Waals surface area contributed by atoms with E-state index in [1.807, 2.05) is 36.6 Å². The van der Waals surface area contributed by atoms with Gasteiger partial charge < -0.3 is 10.6 Å². The van der Waals surface area contributed by atoms with Gasteiger partial charge >= 0.3 is 0 Å². The molecule has 0 spiro atoms. The number of halogens is 1. The van der Waals surface area contributed by atoms with E-state index >= 15 is 0 Å². The number of aryl methyl sites for hydroxylation is 1. The van der Waals surface area contributed by atoms with E-state index < -0.39 is 11.9 Å². The standard InChI is InChI=1S/C19H18FN3OS/c1-12(19(24)23-17-6-4-3-5-16(17)20)21-15-9-7-14(8-10-15)18-11-25-13(2)22-18/h3-12,21H,1-2H3,(H,23,24). The maximum atomic E-state index is 13.6. The lowest BCUT2D eigenvalue weighted by Gasteiger charge is -2.15.